The molecule has 2 heterocycles. The molecule has 0 radical (unpaired) electrons. The predicted molar refractivity (Wildman–Crippen MR) is 108 cm³/mol. The van der Waals surface area contributed by atoms with Gasteiger partial charge in [0.05, 0.1) is 6.04 Å². The number of H-pyrrole nitrogens is 1. The molecule has 0 saturated carbocycles. The molecule has 150 valence electrons. The number of benzene rings is 1. The van der Waals surface area contributed by atoms with Crippen LogP contribution in [0, 0.1) is 0 Å². The van der Waals surface area contributed by atoms with Crippen LogP contribution >= 0.6 is 12.6 Å². The zero-order valence-corrected chi connectivity index (χ0v) is 16.2. The molecule has 28 heavy (non-hydrogen) atoms. The Balaban J connectivity index is 1.79. The molecule has 0 spiro atoms. The molecule has 1 saturated heterocycles. The van der Waals surface area contributed by atoms with E-state index in [0.29, 0.717) is 6.42 Å². The van der Waals surface area contributed by atoms with E-state index in [1.165, 1.54) is 0 Å². The van der Waals surface area contributed by atoms with Crippen LogP contribution in [-0.4, -0.2) is 58.3 Å². The largest absolute Gasteiger partial charge is 0.480 e. The Morgan fingerprint density at radius 2 is 2.00 bits per heavy atom. The number of aliphatic carboxylic acids is 1. The van der Waals surface area contributed by atoms with Crippen LogP contribution in [0.3, 0.4) is 0 Å². The van der Waals surface area contributed by atoms with Gasteiger partial charge in [-0.3, -0.25) is 9.59 Å². The minimum absolute atomic E-state index is 0.0427. The molecule has 8 nitrogen and oxygen atoms in total. The summed E-state index contributed by atoms with van der Waals surface area (Å²) in [5, 5.41) is 18.5. The van der Waals surface area contributed by atoms with Crippen LogP contribution in [0.15, 0.2) is 30.5 Å². The Bertz CT molecular complexity index is 862. The Hall–Kier alpha value is -2.52. The average Bonchev–Trinajstić information content (AvgIpc) is 3.35. The average molecular weight is 404 g/mol. The van der Waals surface area contributed by atoms with E-state index in [4.69, 9.17) is 0 Å². The molecule has 5 N–H and O–H groups in total. The number of aromatic amines is 1. The van der Waals surface area contributed by atoms with Crippen molar-refractivity contribution in [2.45, 2.75) is 37.4 Å². The Labute approximate surface area is 167 Å². The van der Waals surface area contributed by atoms with E-state index >= 15 is 0 Å². The summed E-state index contributed by atoms with van der Waals surface area (Å²) in [6.45, 7) is 0.762. The van der Waals surface area contributed by atoms with Gasteiger partial charge in [-0.25, -0.2) is 4.79 Å². The number of carbonyl (C=O) groups is 3. The van der Waals surface area contributed by atoms with Crippen LogP contribution in [0.2, 0.25) is 0 Å². The van der Waals surface area contributed by atoms with Crippen molar-refractivity contribution in [2.24, 2.45) is 0 Å². The fraction of sp³-hybridized carbons (Fsp3) is 0.421. The van der Waals surface area contributed by atoms with Gasteiger partial charge in [-0.15, -0.1) is 0 Å². The molecule has 2 amide bonds. The first kappa shape index (κ1) is 20.2. The first-order valence-electron chi connectivity index (χ1n) is 9.22. The van der Waals surface area contributed by atoms with Gasteiger partial charge in [0, 0.05) is 29.3 Å². The summed E-state index contributed by atoms with van der Waals surface area (Å²) in [5.41, 5.74) is 1.80. The number of fused-ring (bicyclic) bond motifs is 1. The lowest BCUT2D eigenvalue weighted by Crippen LogP contribution is -2.55. The molecule has 1 aliphatic rings. The fourth-order valence-corrected chi connectivity index (χ4v) is 3.62. The zero-order valence-electron chi connectivity index (χ0n) is 15.3. The van der Waals surface area contributed by atoms with Gasteiger partial charge in [0.15, 0.2) is 0 Å². The minimum Gasteiger partial charge on any atom is -0.480 e. The quantitative estimate of drug-likeness (QED) is 0.357. The normalized spacial score (nSPS) is 18.5. The number of rotatable bonds is 8. The van der Waals surface area contributed by atoms with E-state index in [0.717, 1.165) is 29.4 Å². The summed E-state index contributed by atoms with van der Waals surface area (Å²) in [5.74, 6) is -2.01. The van der Waals surface area contributed by atoms with Crippen LogP contribution in [-0.2, 0) is 20.8 Å². The summed E-state index contributed by atoms with van der Waals surface area (Å²) in [4.78, 5) is 39.7. The first-order valence-corrected chi connectivity index (χ1v) is 9.85. The molecule has 2 aromatic rings. The molecule has 3 unspecified atom stereocenters. The summed E-state index contributed by atoms with van der Waals surface area (Å²) >= 11 is 3.98. The number of hydrogen-bond acceptors (Lipinski definition) is 5. The first-order chi connectivity index (χ1) is 13.5. The van der Waals surface area contributed by atoms with Gasteiger partial charge in [0.2, 0.25) is 11.8 Å². The molecule has 0 bridgehead atoms. The predicted octanol–water partition coefficient (Wildman–Crippen LogP) is 0.446. The summed E-state index contributed by atoms with van der Waals surface area (Å²) in [7, 11) is 0. The maximum absolute atomic E-state index is 12.8. The number of carboxylic acids is 1. The second kappa shape index (κ2) is 9.11. The Kier molecular flexibility index (Phi) is 6.58. The van der Waals surface area contributed by atoms with Crippen LogP contribution in [0.25, 0.3) is 10.9 Å². The third-order valence-electron chi connectivity index (χ3n) is 4.91. The number of carboxylic acid groups (broad SMARTS) is 1. The van der Waals surface area contributed by atoms with Gasteiger partial charge < -0.3 is 26.0 Å². The highest BCUT2D eigenvalue weighted by Gasteiger charge is 2.30. The molecule has 1 aromatic carbocycles. The molecule has 1 fully saturated rings. The van der Waals surface area contributed by atoms with Gasteiger partial charge in [-0.2, -0.15) is 12.6 Å². The highest BCUT2D eigenvalue weighted by atomic mass is 32.1. The lowest BCUT2D eigenvalue weighted by Gasteiger charge is -2.22. The summed E-state index contributed by atoms with van der Waals surface area (Å²) < 4.78 is 0. The summed E-state index contributed by atoms with van der Waals surface area (Å²) in [6, 6.07) is 5.32. The Morgan fingerprint density at radius 3 is 2.68 bits per heavy atom. The van der Waals surface area contributed by atoms with Crippen molar-refractivity contribution in [2.75, 3.05) is 12.3 Å². The van der Waals surface area contributed by atoms with Crippen LogP contribution in [0.4, 0.5) is 0 Å². The highest BCUT2D eigenvalue weighted by Crippen LogP contribution is 2.19. The van der Waals surface area contributed by atoms with Gasteiger partial charge in [-0.1, -0.05) is 18.2 Å². The number of hydrogen-bond donors (Lipinski definition) is 6. The van der Waals surface area contributed by atoms with E-state index in [-0.39, 0.29) is 24.1 Å². The molecule has 0 aliphatic carbocycles. The number of thiol groups is 1. The summed E-state index contributed by atoms with van der Waals surface area (Å²) in [6.07, 6.45) is 3.66. The monoisotopic (exact) mass is 404 g/mol. The molecule has 1 aliphatic heterocycles. The van der Waals surface area contributed by atoms with Crippen LogP contribution < -0.4 is 16.0 Å². The van der Waals surface area contributed by atoms with Crippen molar-refractivity contribution >= 4 is 41.3 Å². The molecular weight excluding hydrogens is 380 g/mol. The van der Waals surface area contributed by atoms with Gasteiger partial charge >= 0.3 is 5.97 Å². The molecule has 9 heteroatoms. The maximum Gasteiger partial charge on any atom is 0.327 e. The lowest BCUT2D eigenvalue weighted by atomic mass is 10.0. The second-order valence-corrected chi connectivity index (χ2v) is 7.22. The lowest BCUT2D eigenvalue weighted by molar-refractivity contribution is -0.141. The number of para-hydroxylation sites is 1. The van der Waals surface area contributed by atoms with E-state index in [1.807, 2.05) is 24.3 Å². The van der Waals surface area contributed by atoms with Crippen LogP contribution in [0.5, 0.6) is 0 Å². The van der Waals surface area contributed by atoms with E-state index in [2.05, 4.69) is 33.6 Å². The molecule has 1 aromatic heterocycles. The number of amides is 2. The standard InChI is InChI=1S/C19H24N4O4S/c24-17(14-6-3-7-20-14)22-15(18(25)23-16(10-28)19(26)27)8-11-9-21-13-5-2-1-4-12(11)13/h1-2,4-5,9,14-16,20-21,28H,3,6-8,10H2,(H,22,24)(H,23,25)(H,26,27). The van der Waals surface area contributed by atoms with Gasteiger partial charge in [0.1, 0.15) is 12.1 Å². The fourth-order valence-electron chi connectivity index (χ4n) is 3.37. The number of carbonyl (C=O) groups excluding carboxylic acids is 2. The van der Waals surface area contributed by atoms with Crippen molar-refractivity contribution in [1.82, 2.24) is 20.9 Å². The SMILES string of the molecule is O=C(O)C(CS)NC(=O)C(Cc1c[nH]c2ccccc12)NC(=O)C1CCCN1. The molecule has 3 atom stereocenters. The second-order valence-electron chi connectivity index (χ2n) is 6.86. The Morgan fingerprint density at radius 1 is 1.21 bits per heavy atom. The zero-order chi connectivity index (χ0) is 20.1. The van der Waals surface area contributed by atoms with Crippen molar-refractivity contribution < 1.29 is 19.5 Å². The molecular formula is C19H24N4O4S. The third-order valence-corrected chi connectivity index (χ3v) is 5.27. The number of nitrogens with one attached hydrogen (secondary N) is 4. The van der Waals surface area contributed by atoms with Gasteiger partial charge in [-0.05, 0) is 31.0 Å². The molecule has 3 rings (SSSR count). The minimum atomic E-state index is -1.17. The van der Waals surface area contributed by atoms with Gasteiger partial charge in [0.25, 0.3) is 0 Å². The number of aromatic nitrogens is 1. The smallest absolute Gasteiger partial charge is 0.327 e. The maximum atomic E-state index is 12.8. The van der Waals surface area contributed by atoms with E-state index < -0.39 is 24.0 Å². The van der Waals surface area contributed by atoms with Crippen molar-refractivity contribution in [1.29, 1.82) is 0 Å². The van der Waals surface area contributed by atoms with Crippen molar-refractivity contribution in [3.05, 3.63) is 36.0 Å². The van der Waals surface area contributed by atoms with Crippen LogP contribution in [0.1, 0.15) is 18.4 Å². The van der Waals surface area contributed by atoms with E-state index in [1.54, 1.807) is 6.20 Å². The van der Waals surface area contributed by atoms with Crippen molar-refractivity contribution in [3.8, 4) is 0 Å². The van der Waals surface area contributed by atoms with E-state index in [9.17, 15) is 19.5 Å². The van der Waals surface area contributed by atoms with Crippen molar-refractivity contribution in [3.63, 3.8) is 0 Å². The third kappa shape index (κ3) is 4.66. The highest BCUT2D eigenvalue weighted by molar-refractivity contribution is 7.80. The topological polar surface area (TPSA) is 123 Å².